The van der Waals surface area contributed by atoms with Gasteiger partial charge in [0.2, 0.25) is 0 Å². The summed E-state index contributed by atoms with van der Waals surface area (Å²) in [7, 11) is 0. The number of aliphatic hydroxyl groups is 1. The summed E-state index contributed by atoms with van der Waals surface area (Å²) in [5, 5.41) is 15.7. The van der Waals surface area contributed by atoms with Crippen LogP contribution in [0, 0.1) is 5.92 Å². The molecule has 1 heterocycles. The van der Waals surface area contributed by atoms with Crippen LogP contribution in [0.3, 0.4) is 0 Å². The van der Waals surface area contributed by atoms with Crippen molar-refractivity contribution in [3.63, 3.8) is 0 Å². The molecule has 4 rings (SSSR count). The smallest absolute Gasteiger partial charge is 0.315 e. The first-order valence-corrected chi connectivity index (χ1v) is 10.9. The average molecular weight is 407 g/mol. The SMILES string of the molecule is O=C(NCCCC1CCCC1O)NCc1ccc(Cn2cnc3ccccc32)cc1. The van der Waals surface area contributed by atoms with E-state index in [1.54, 1.807) is 0 Å². The number of hydrogen-bond donors (Lipinski definition) is 3. The summed E-state index contributed by atoms with van der Waals surface area (Å²) in [5.74, 6) is 0.411. The number of amides is 2. The Labute approximate surface area is 177 Å². The summed E-state index contributed by atoms with van der Waals surface area (Å²) in [4.78, 5) is 16.4. The minimum absolute atomic E-state index is 0.143. The highest BCUT2D eigenvalue weighted by Gasteiger charge is 2.24. The maximum atomic E-state index is 12.0. The highest BCUT2D eigenvalue weighted by Crippen LogP contribution is 2.28. The van der Waals surface area contributed by atoms with Crippen molar-refractivity contribution < 1.29 is 9.90 Å². The van der Waals surface area contributed by atoms with Crippen molar-refractivity contribution in [1.29, 1.82) is 0 Å². The third-order valence-electron chi connectivity index (χ3n) is 6.01. The van der Waals surface area contributed by atoms with Gasteiger partial charge in [-0.25, -0.2) is 9.78 Å². The second kappa shape index (κ2) is 9.76. The highest BCUT2D eigenvalue weighted by atomic mass is 16.3. The normalized spacial score (nSPS) is 18.6. The Balaban J connectivity index is 1.18. The van der Waals surface area contributed by atoms with Gasteiger partial charge in [0.1, 0.15) is 0 Å². The van der Waals surface area contributed by atoms with E-state index in [-0.39, 0.29) is 12.1 Å². The number of nitrogens with one attached hydrogen (secondary N) is 2. The standard InChI is InChI=1S/C24H30N4O2/c29-23-9-3-5-20(23)6-4-14-25-24(30)26-15-18-10-12-19(13-11-18)16-28-17-27-21-7-1-2-8-22(21)28/h1-2,7-8,10-13,17,20,23,29H,3-6,9,14-16H2,(H2,25,26,30). The van der Waals surface area contributed by atoms with Crippen molar-refractivity contribution in [2.45, 2.75) is 51.3 Å². The summed E-state index contributed by atoms with van der Waals surface area (Å²) >= 11 is 0. The number of fused-ring (bicyclic) bond motifs is 1. The zero-order valence-electron chi connectivity index (χ0n) is 17.3. The zero-order chi connectivity index (χ0) is 20.8. The summed E-state index contributed by atoms with van der Waals surface area (Å²) in [6, 6.07) is 16.3. The van der Waals surface area contributed by atoms with Crippen LogP contribution in [0.25, 0.3) is 11.0 Å². The fraction of sp³-hybridized carbons (Fsp3) is 0.417. The molecule has 1 aliphatic rings. The number of rotatable bonds is 8. The van der Waals surface area contributed by atoms with Gasteiger partial charge in [-0.1, -0.05) is 42.8 Å². The molecule has 1 fully saturated rings. The van der Waals surface area contributed by atoms with E-state index < -0.39 is 0 Å². The minimum Gasteiger partial charge on any atom is -0.393 e. The first kappa shape index (κ1) is 20.4. The number of aliphatic hydroxyl groups excluding tert-OH is 1. The second-order valence-electron chi connectivity index (χ2n) is 8.19. The van der Waals surface area contributed by atoms with Crippen LogP contribution in [0.2, 0.25) is 0 Å². The van der Waals surface area contributed by atoms with E-state index >= 15 is 0 Å². The summed E-state index contributed by atoms with van der Waals surface area (Å²) < 4.78 is 2.14. The molecule has 1 aliphatic carbocycles. The van der Waals surface area contributed by atoms with E-state index in [1.807, 2.05) is 24.5 Å². The lowest BCUT2D eigenvalue weighted by atomic mass is 10.00. The molecule has 0 saturated heterocycles. The predicted octanol–water partition coefficient (Wildman–Crippen LogP) is 3.83. The summed E-state index contributed by atoms with van der Waals surface area (Å²) in [6.45, 7) is 1.92. The van der Waals surface area contributed by atoms with Crippen LogP contribution in [0.4, 0.5) is 4.79 Å². The van der Waals surface area contributed by atoms with E-state index in [4.69, 9.17) is 0 Å². The van der Waals surface area contributed by atoms with Gasteiger partial charge in [0.05, 0.1) is 23.5 Å². The Morgan fingerprint density at radius 2 is 1.87 bits per heavy atom. The number of para-hydroxylation sites is 2. The molecule has 0 spiro atoms. The van der Waals surface area contributed by atoms with Gasteiger partial charge in [0.15, 0.2) is 0 Å². The van der Waals surface area contributed by atoms with Crippen LogP contribution >= 0.6 is 0 Å². The number of imidazole rings is 1. The van der Waals surface area contributed by atoms with Crippen molar-refractivity contribution in [3.8, 4) is 0 Å². The van der Waals surface area contributed by atoms with Gasteiger partial charge in [0.25, 0.3) is 0 Å². The van der Waals surface area contributed by atoms with Gasteiger partial charge < -0.3 is 20.3 Å². The number of nitrogens with zero attached hydrogens (tertiary/aromatic N) is 2. The maximum absolute atomic E-state index is 12.0. The largest absolute Gasteiger partial charge is 0.393 e. The van der Waals surface area contributed by atoms with E-state index in [1.165, 1.54) is 5.56 Å². The lowest BCUT2D eigenvalue weighted by molar-refractivity contribution is 0.127. The van der Waals surface area contributed by atoms with Crippen molar-refractivity contribution in [3.05, 3.63) is 66.0 Å². The third-order valence-corrected chi connectivity index (χ3v) is 6.01. The van der Waals surface area contributed by atoms with Crippen LogP contribution in [0.15, 0.2) is 54.9 Å². The molecular formula is C24H30N4O2. The third kappa shape index (κ3) is 5.19. The fourth-order valence-electron chi connectivity index (χ4n) is 4.26. The second-order valence-corrected chi connectivity index (χ2v) is 8.19. The van der Waals surface area contributed by atoms with E-state index in [9.17, 15) is 9.90 Å². The lowest BCUT2D eigenvalue weighted by Crippen LogP contribution is -2.35. The summed E-state index contributed by atoms with van der Waals surface area (Å²) in [6.07, 6.45) is 6.78. The number of carbonyl (C=O) groups is 1. The van der Waals surface area contributed by atoms with Crippen molar-refractivity contribution in [2.75, 3.05) is 6.54 Å². The quantitative estimate of drug-likeness (QED) is 0.498. The molecule has 158 valence electrons. The molecule has 2 atom stereocenters. The Morgan fingerprint density at radius 3 is 2.67 bits per heavy atom. The molecule has 0 bridgehead atoms. The molecule has 3 N–H and O–H groups in total. The molecule has 1 saturated carbocycles. The van der Waals surface area contributed by atoms with E-state index in [0.29, 0.717) is 19.0 Å². The van der Waals surface area contributed by atoms with Crippen LogP contribution in [0.5, 0.6) is 0 Å². The number of hydrogen-bond acceptors (Lipinski definition) is 3. The van der Waals surface area contributed by atoms with Crippen LogP contribution in [-0.2, 0) is 13.1 Å². The highest BCUT2D eigenvalue weighted by molar-refractivity contribution is 5.75. The lowest BCUT2D eigenvalue weighted by Gasteiger charge is -2.14. The Kier molecular flexibility index (Phi) is 6.64. The maximum Gasteiger partial charge on any atom is 0.315 e. The molecule has 1 aromatic heterocycles. The van der Waals surface area contributed by atoms with Gasteiger partial charge in [0, 0.05) is 19.6 Å². The van der Waals surface area contributed by atoms with Crippen LogP contribution < -0.4 is 10.6 Å². The Morgan fingerprint density at radius 1 is 1.07 bits per heavy atom. The minimum atomic E-state index is -0.144. The molecule has 0 aliphatic heterocycles. The number of aromatic nitrogens is 2. The molecule has 6 nitrogen and oxygen atoms in total. The topological polar surface area (TPSA) is 79.2 Å². The first-order chi connectivity index (χ1) is 14.7. The summed E-state index contributed by atoms with van der Waals surface area (Å²) in [5.41, 5.74) is 4.39. The number of benzene rings is 2. The van der Waals surface area contributed by atoms with E-state index in [0.717, 1.165) is 55.2 Å². The molecule has 30 heavy (non-hydrogen) atoms. The molecule has 6 heteroatoms. The Hall–Kier alpha value is -2.86. The molecule has 2 amide bonds. The van der Waals surface area contributed by atoms with Crippen LogP contribution in [0.1, 0.15) is 43.2 Å². The molecular weight excluding hydrogens is 376 g/mol. The molecule has 3 aromatic rings. The van der Waals surface area contributed by atoms with Gasteiger partial charge in [-0.05, 0) is 54.9 Å². The van der Waals surface area contributed by atoms with Crippen LogP contribution in [-0.4, -0.2) is 33.3 Å². The molecule has 2 aromatic carbocycles. The first-order valence-electron chi connectivity index (χ1n) is 10.9. The van der Waals surface area contributed by atoms with Gasteiger partial charge in [-0.3, -0.25) is 0 Å². The van der Waals surface area contributed by atoms with Gasteiger partial charge >= 0.3 is 6.03 Å². The van der Waals surface area contributed by atoms with Gasteiger partial charge in [-0.15, -0.1) is 0 Å². The predicted molar refractivity (Wildman–Crippen MR) is 118 cm³/mol. The monoisotopic (exact) mass is 406 g/mol. The average Bonchev–Trinajstić information content (AvgIpc) is 3.37. The number of carbonyl (C=O) groups excluding carboxylic acids is 1. The van der Waals surface area contributed by atoms with Crippen molar-refractivity contribution in [1.82, 2.24) is 20.2 Å². The van der Waals surface area contributed by atoms with Crippen molar-refractivity contribution >= 4 is 17.1 Å². The molecule has 0 radical (unpaired) electrons. The number of urea groups is 1. The van der Waals surface area contributed by atoms with E-state index in [2.05, 4.69) is 50.5 Å². The fourth-order valence-corrected chi connectivity index (χ4v) is 4.26. The Bertz CT molecular complexity index is 967. The zero-order valence-corrected chi connectivity index (χ0v) is 17.3. The molecule has 2 unspecified atom stereocenters. The van der Waals surface area contributed by atoms with Crippen molar-refractivity contribution in [2.24, 2.45) is 5.92 Å². The van der Waals surface area contributed by atoms with Gasteiger partial charge in [-0.2, -0.15) is 0 Å².